The predicted molar refractivity (Wildman–Crippen MR) is 163 cm³/mol. The van der Waals surface area contributed by atoms with E-state index < -0.39 is 6.04 Å². The van der Waals surface area contributed by atoms with Crippen molar-refractivity contribution in [3.8, 4) is 0 Å². The van der Waals surface area contributed by atoms with E-state index in [2.05, 4.69) is 20.9 Å². The normalized spacial score (nSPS) is 11.7. The number of para-hydroxylation sites is 2. The minimum atomic E-state index is -0.669. The Kier molecular flexibility index (Phi) is 7.83. The summed E-state index contributed by atoms with van der Waals surface area (Å²) >= 11 is 0. The van der Waals surface area contributed by atoms with Crippen LogP contribution in [0.25, 0.3) is 17.0 Å². The number of aromatic nitrogens is 1. The van der Waals surface area contributed by atoms with Gasteiger partial charge in [0.25, 0.3) is 5.91 Å². The van der Waals surface area contributed by atoms with Crippen molar-refractivity contribution in [2.24, 2.45) is 0 Å². The number of nitrogens with one attached hydrogen (secondary N) is 3. The summed E-state index contributed by atoms with van der Waals surface area (Å²) in [5.41, 5.74) is 12.1. The fourth-order valence-corrected chi connectivity index (χ4v) is 4.24. The monoisotopic (exact) mass is 527 g/mol. The number of anilines is 4. The van der Waals surface area contributed by atoms with E-state index >= 15 is 0 Å². The van der Waals surface area contributed by atoms with Gasteiger partial charge in [0.15, 0.2) is 0 Å². The van der Waals surface area contributed by atoms with Gasteiger partial charge in [0, 0.05) is 29.0 Å². The van der Waals surface area contributed by atoms with Crippen molar-refractivity contribution in [1.82, 2.24) is 4.98 Å². The Bertz CT molecular complexity index is 1680. The largest absolute Gasteiger partial charge is 0.397 e. The van der Waals surface area contributed by atoms with Crippen molar-refractivity contribution in [2.45, 2.75) is 13.0 Å². The minimum Gasteiger partial charge on any atom is -0.397 e. The SMILES string of the molecule is Cc1ccc(NC(=O)C(Nc2ccc3ncccc3c2)c2ccc(C=CC(=O)Nc3ccccc3N)cc2)cc1. The second kappa shape index (κ2) is 12.0. The van der Waals surface area contributed by atoms with Crippen LogP contribution in [0.3, 0.4) is 0 Å². The summed E-state index contributed by atoms with van der Waals surface area (Å²) in [6.07, 6.45) is 4.91. The second-order valence-corrected chi connectivity index (χ2v) is 9.42. The fourth-order valence-electron chi connectivity index (χ4n) is 4.24. The van der Waals surface area contributed by atoms with Gasteiger partial charge in [-0.2, -0.15) is 0 Å². The quantitative estimate of drug-likeness (QED) is 0.135. The van der Waals surface area contributed by atoms with Gasteiger partial charge in [0.1, 0.15) is 6.04 Å². The summed E-state index contributed by atoms with van der Waals surface area (Å²) in [4.78, 5) is 30.3. The van der Waals surface area contributed by atoms with Gasteiger partial charge in [-0.3, -0.25) is 14.6 Å². The number of carbonyl (C=O) groups is 2. The van der Waals surface area contributed by atoms with E-state index in [1.165, 1.54) is 6.08 Å². The summed E-state index contributed by atoms with van der Waals surface area (Å²) in [6.45, 7) is 2.00. The van der Waals surface area contributed by atoms with Gasteiger partial charge in [-0.1, -0.05) is 60.2 Å². The molecule has 0 saturated carbocycles. The zero-order valence-electron chi connectivity index (χ0n) is 22.0. The van der Waals surface area contributed by atoms with E-state index in [9.17, 15) is 9.59 Å². The molecule has 198 valence electrons. The fraction of sp³-hybridized carbons (Fsp3) is 0.0606. The molecule has 5 N–H and O–H groups in total. The van der Waals surface area contributed by atoms with E-state index in [0.29, 0.717) is 11.4 Å². The Balaban J connectivity index is 1.35. The summed E-state index contributed by atoms with van der Waals surface area (Å²) < 4.78 is 0. The highest BCUT2D eigenvalue weighted by atomic mass is 16.2. The maximum Gasteiger partial charge on any atom is 0.251 e. The molecule has 40 heavy (non-hydrogen) atoms. The number of hydrogen-bond donors (Lipinski definition) is 4. The van der Waals surface area contributed by atoms with Crippen molar-refractivity contribution < 1.29 is 9.59 Å². The molecule has 5 aromatic rings. The van der Waals surface area contributed by atoms with Gasteiger partial charge in [-0.15, -0.1) is 0 Å². The predicted octanol–water partition coefficient (Wildman–Crippen LogP) is 6.57. The highest BCUT2D eigenvalue weighted by Crippen LogP contribution is 2.25. The standard InChI is InChI=1S/C33H29N5O2/c1-22-8-15-26(16-9-22)37-33(40)32(36-27-17-18-29-25(21-27)5-4-20-35-29)24-13-10-23(11-14-24)12-19-31(39)38-30-7-3-2-6-28(30)34/h2-21,32,36H,34H2,1H3,(H,37,40)(H,38,39). The Morgan fingerprint density at radius 3 is 2.35 bits per heavy atom. The first-order valence-electron chi connectivity index (χ1n) is 12.9. The molecule has 1 aromatic heterocycles. The number of amides is 2. The topological polar surface area (TPSA) is 109 Å². The first-order valence-corrected chi connectivity index (χ1v) is 12.9. The van der Waals surface area contributed by atoms with E-state index in [1.807, 2.05) is 97.9 Å². The van der Waals surface area contributed by atoms with Gasteiger partial charge in [-0.25, -0.2) is 0 Å². The van der Waals surface area contributed by atoms with Crippen LogP contribution in [0.1, 0.15) is 22.7 Å². The van der Waals surface area contributed by atoms with E-state index in [1.54, 1.807) is 24.4 Å². The zero-order chi connectivity index (χ0) is 27.9. The van der Waals surface area contributed by atoms with Crippen molar-refractivity contribution in [1.29, 1.82) is 0 Å². The Labute approximate surface area is 232 Å². The summed E-state index contributed by atoms with van der Waals surface area (Å²) in [6, 6.07) is 31.3. The molecule has 7 nitrogen and oxygen atoms in total. The highest BCUT2D eigenvalue weighted by Gasteiger charge is 2.21. The Morgan fingerprint density at radius 2 is 1.57 bits per heavy atom. The van der Waals surface area contributed by atoms with Crippen LogP contribution in [-0.4, -0.2) is 16.8 Å². The summed E-state index contributed by atoms with van der Waals surface area (Å²) in [5, 5.41) is 10.2. The molecule has 0 bridgehead atoms. The lowest BCUT2D eigenvalue weighted by Gasteiger charge is -2.21. The van der Waals surface area contributed by atoms with Gasteiger partial charge in [0.05, 0.1) is 16.9 Å². The maximum atomic E-state index is 13.5. The average molecular weight is 528 g/mol. The molecule has 0 fully saturated rings. The van der Waals surface area contributed by atoms with Crippen LogP contribution in [0.4, 0.5) is 22.7 Å². The van der Waals surface area contributed by atoms with Crippen LogP contribution in [0.15, 0.2) is 115 Å². The molecule has 0 radical (unpaired) electrons. The first kappa shape index (κ1) is 26.2. The smallest absolute Gasteiger partial charge is 0.251 e. The van der Waals surface area contributed by atoms with E-state index in [0.717, 1.165) is 39.0 Å². The van der Waals surface area contributed by atoms with Crippen LogP contribution in [-0.2, 0) is 9.59 Å². The number of rotatable bonds is 8. The number of hydrogen-bond acceptors (Lipinski definition) is 5. The van der Waals surface area contributed by atoms with E-state index in [4.69, 9.17) is 5.73 Å². The lowest BCUT2D eigenvalue weighted by atomic mass is 10.0. The second-order valence-electron chi connectivity index (χ2n) is 9.42. The third-order valence-corrected chi connectivity index (χ3v) is 6.41. The third kappa shape index (κ3) is 6.52. The van der Waals surface area contributed by atoms with Gasteiger partial charge in [0.2, 0.25) is 5.91 Å². The first-order chi connectivity index (χ1) is 19.4. The number of nitrogens with zero attached hydrogens (tertiary/aromatic N) is 1. The molecule has 4 aromatic carbocycles. The molecule has 2 amide bonds. The molecule has 7 heteroatoms. The molecular formula is C33H29N5O2. The van der Waals surface area contributed by atoms with Crippen LogP contribution < -0.4 is 21.7 Å². The lowest BCUT2D eigenvalue weighted by Crippen LogP contribution is -2.27. The average Bonchev–Trinajstić information content (AvgIpc) is 2.97. The molecule has 1 unspecified atom stereocenters. The Morgan fingerprint density at radius 1 is 0.825 bits per heavy atom. The number of nitrogen functional groups attached to an aromatic ring is 1. The molecule has 1 heterocycles. The summed E-state index contributed by atoms with van der Waals surface area (Å²) in [5.74, 6) is -0.483. The van der Waals surface area contributed by atoms with Gasteiger partial charge in [-0.05, 0) is 72.7 Å². The number of aryl methyl sites for hydroxylation is 1. The van der Waals surface area contributed by atoms with Crippen LogP contribution >= 0.6 is 0 Å². The molecule has 0 aliphatic carbocycles. The van der Waals surface area contributed by atoms with Crippen molar-refractivity contribution in [3.63, 3.8) is 0 Å². The third-order valence-electron chi connectivity index (χ3n) is 6.41. The van der Waals surface area contributed by atoms with Crippen LogP contribution in [0.5, 0.6) is 0 Å². The van der Waals surface area contributed by atoms with Gasteiger partial charge >= 0.3 is 0 Å². The molecule has 1 atom stereocenters. The molecule has 5 rings (SSSR count). The number of pyridine rings is 1. The zero-order valence-corrected chi connectivity index (χ0v) is 22.0. The molecule has 0 spiro atoms. The van der Waals surface area contributed by atoms with Crippen molar-refractivity contribution in [3.05, 3.63) is 132 Å². The molecule has 0 saturated heterocycles. The summed E-state index contributed by atoms with van der Waals surface area (Å²) in [7, 11) is 0. The van der Waals surface area contributed by atoms with E-state index in [-0.39, 0.29) is 11.8 Å². The van der Waals surface area contributed by atoms with Crippen LogP contribution in [0.2, 0.25) is 0 Å². The molecule has 0 aliphatic rings. The number of benzene rings is 4. The number of fused-ring (bicyclic) bond motifs is 1. The molecular weight excluding hydrogens is 498 g/mol. The number of carbonyl (C=O) groups excluding carboxylic acids is 2. The van der Waals surface area contributed by atoms with Crippen molar-refractivity contribution in [2.75, 3.05) is 21.7 Å². The number of nitrogens with two attached hydrogens (primary N) is 1. The van der Waals surface area contributed by atoms with Gasteiger partial charge < -0.3 is 21.7 Å². The maximum absolute atomic E-state index is 13.5. The van der Waals surface area contributed by atoms with Crippen LogP contribution in [0, 0.1) is 6.92 Å². The minimum absolute atomic E-state index is 0.196. The van der Waals surface area contributed by atoms with Crippen molar-refractivity contribution >= 4 is 51.5 Å². The molecule has 0 aliphatic heterocycles. The highest BCUT2D eigenvalue weighted by molar-refractivity contribution is 6.03. The lowest BCUT2D eigenvalue weighted by molar-refractivity contribution is -0.117. The Hall–Kier alpha value is -5.43.